The van der Waals surface area contributed by atoms with E-state index < -0.39 is 0 Å². The zero-order valence-electron chi connectivity index (χ0n) is 7.88. The molecule has 0 spiro atoms. The number of hydrogen-bond donors (Lipinski definition) is 2. The van der Waals surface area contributed by atoms with E-state index in [9.17, 15) is 0 Å². The molecule has 0 radical (unpaired) electrons. The van der Waals surface area contributed by atoms with Crippen molar-refractivity contribution in [2.24, 2.45) is 5.73 Å². The van der Waals surface area contributed by atoms with Gasteiger partial charge in [-0.2, -0.15) is 0 Å². The molecule has 0 aromatic heterocycles. The van der Waals surface area contributed by atoms with Gasteiger partial charge in [-0.25, -0.2) is 0 Å². The number of nitrogens with two attached hydrogens (primary N) is 1. The van der Waals surface area contributed by atoms with Crippen molar-refractivity contribution in [1.82, 2.24) is 5.32 Å². The highest BCUT2D eigenvalue weighted by atomic mass is 16.5. The van der Waals surface area contributed by atoms with Crippen LogP contribution in [-0.2, 0) is 4.74 Å². The molecule has 1 aliphatic heterocycles. The standard InChI is InChI=1S/C9H20N2O/c1-2-9-7-8(3-6-12-9)11-5-4-10/h8-9,11H,2-7,10H2,1H3. The van der Waals surface area contributed by atoms with E-state index in [4.69, 9.17) is 10.5 Å². The van der Waals surface area contributed by atoms with Gasteiger partial charge < -0.3 is 15.8 Å². The Morgan fingerprint density at radius 2 is 2.42 bits per heavy atom. The van der Waals surface area contributed by atoms with E-state index >= 15 is 0 Å². The SMILES string of the molecule is CCC1CC(NCCN)CCO1. The van der Waals surface area contributed by atoms with Gasteiger partial charge in [-0.15, -0.1) is 0 Å². The predicted molar refractivity (Wildman–Crippen MR) is 50.1 cm³/mol. The van der Waals surface area contributed by atoms with E-state index in [1.807, 2.05) is 0 Å². The van der Waals surface area contributed by atoms with E-state index in [-0.39, 0.29) is 0 Å². The molecule has 12 heavy (non-hydrogen) atoms. The lowest BCUT2D eigenvalue weighted by Gasteiger charge is -2.29. The Bertz CT molecular complexity index is 119. The second-order valence-corrected chi connectivity index (χ2v) is 3.37. The molecular formula is C9H20N2O. The number of nitrogens with one attached hydrogen (secondary N) is 1. The highest BCUT2D eigenvalue weighted by Gasteiger charge is 2.19. The first kappa shape index (κ1) is 9.96. The first-order chi connectivity index (χ1) is 5.86. The Hall–Kier alpha value is -0.120. The van der Waals surface area contributed by atoms with Gasteiger partial charge in [0.1, 0.15) is 0 Å². The van der Waals surface area contributed by atoms with Crippen LogP contribution in [0.15, 0.2) is 0 Å². The zero-order valence-corrected chi connectivity index (χ0v) is 7.88. The summed E-state index contributed by atoms with van der Waals surface area (Å²) in [4.78, 5) is 0. The summed E-state index contributed by atoms with van der Waals surface area (Å²) in [5, 5.41) is 3.43. The fourth-order valence-electron chi connectivity index (χ4n) is 1.64. The monoisotopic (exact) mass is 172 g/mol. The van der Waals surface area contributed by atoms with Crippen molar-refractivity contribution >= 4 is 0 Å². The normalized spacial score (nSPS) is 30.5. The van der Waals surface area contributed by atoms with Gasteiger partial charge in [0.2, 0.25) is 0 Å². The van der Waals surface area contributed by atoms with E-state index in [1.54, 1.807) is 0 Å². The predicted octanol–water partition coefficient (Wildman–Crippen LogP) is 0.492. The minimum atomic E-state index is 0.467. The summed E-state index contributed by atoms with van der Waals surface area (Å²) in [6, 6.07) is 0.632. The fraction of sp³-hybridized carbons (Fsp3) is 1.00. The van der Waals surface area contributed by atoms with Crippen molar-refractivity contribution in [3.05, 3.63) is 0 Å². The van der Waals surface area contributed by atoms with Crippen LogP contribution in [0.1, 0.15) is 26.2 Å². The van der Waals surface area contributed by atoms with Crippen molar-refractivity contribution < 1.29 is 4.74 Å². The minimum Gasteiger partial charge on any atom is -0.378 e. The quantitative estimate of drug-likeness (QED) is 0.649. The Balaban J connectivity index is 2.16. The van der Waals surface area contributed by atoms with E-state index in [0.29, 0.717) is 12.1 Å². The van der Waals surface area contributed by atoms with Gasteiger partial charge in [0.25, 0.3) is 0 Å². The summed E-state index contributed by atoms with van der Waals surface area (Å²) >= 11 is 0. The molecule has 1 heterocycles. The largest absolute Gasteiger partial charge is 0.378 e. The van der Waals surface area contributed by atoms with Crippen LogP contribution in [-0.4, -0.2) is 31.8 Å². The average molecular weight is 172 g/mol. The highest BCUT2D eigenvalue weighted by Crippen LogP contribution is 2.15. The summed E-state index contributed by atoms with van der Waals surface area (Å²) in [7, 11) is 0. The van der Waals surface area contributed by atoms with Crippen LogP contribution in [0.3, 0.4) is 0 Å². The maximum Gasteiger partial charge on any atom is 0.0587 e. The Labute approximate surface area is 74.7 Å². The van der Waals surface area contributed by atoms with Crippen LogP contribution in [0.4, 0.5) is 0 Å². The fourth-order valence-corrected chi connectivity index (χ4v) is 1.64. The third kappa shape index (κ3) is 3.09. The van der Waals surface area contributed by atoms with Crippen molar-refractivity contribution in [2.45, 2.75) is 38.3 Å². The first-order valence-electron chi connectivity index (χ1n) is 4.91. The molecule has 1 rings (SSSR count). The van der Waals surface area contributed by atoms with Crippen LogP contribution in [0.5, 0.6) is 0 Å². The molecule has 2 unspecified atom stereocenters. The molecular weight excluding hydrogens is 152 g/mol. The average Bonchev–Trinajstić information content (AvgIpc) is 2.15. The third-order valence-electron chi connectivity index (χ3n) is 2.40. The molecule has 0 amide bonds. The van der Waals surface area contributed by atoms with Crippen molar-refractivity contribution in [3.8, 4) is 0 Å². The molecule has 0 saturated carbocycles. The van der Waals surface area contributed by atoms with Crippen LogP contribution >= 0.6 is 0 Å². The lowest BCUT2D eigenvalue weighted by Crippen LogP contribution is -2.40. The maximum atomic E-state index is 5.57. The topological polar surface area (TPSA) is 47.3 Å². The molecule has 2 atom stereocenters. The molecule has 3 nitrogen and oxygen atoms in total. The van der Waals surface area contributed by atoms with Gasteiger partial charge in [-0.1, -0.05) is 6.92 Å². The van der Waals surface area contributed by atoms with Crippen LogP contribution in [0.25, 0.3) is 0 Å². The van der Waals surface area contributed by atoms with Gasteiger partial charge in [0, 0.05) is 25.7 Å². The lowest BCUT2D eigenvalue weighted by atomic mass is 10.0. The van der Waals surface area contributed by atoms with E-state index in [0.717, 1.165) is 39.0 Å². The molecule has 72 valence electrons. The molecule has 3 heteroatoms. The van der Waals surface area contributed by atoms with Gasteiger partial charge in [-0.3, -0.25) is 0 Å². The van der Waals surface area contributed by atoms with Gasteiger partial charge in [0.05, 0.1) is 6.10 Å². The van der Waals surface area contributed by atoms with Crippen LogP contribution in [0.2, 0.25) is 0 Å². The molecule has 1 fully saturated rings. The van der Waals surface area contributed by atoms with Crippen LogP contribution < -0.4 is 11.1 Å². The Kier molecular flexibility index (Phi) is 4.58. The number of hydrogen-bond acceptors (Lipinski definition) is 3. The zero-order chi connectivity index (χ0) is 8.81. The van der Waals surface area contributed by atoms with Crippen molar-refractivity contribution in [1.29, 1.82) is 0 Å². The molecule has 1 saturated heterocycles. The van der Waals surface area contributed by atoms with Crippen molar-refractivity contribution in [3.63, 3.8) is 0 Å². The summed E-state index contributed by atoms with van der Waals surface area (Å²) in [6.45, 7) is 4.74. The summed E-state index contributed by atoms with van der Waals surface area (Å²) in [6.07, 6.45) is 3.88. The highest BCUT2D eigenvalue weighted by molar-refractivity contribution is 4.75. The summed E-state index contributed by atoms with van der Waals surface area (Å²) < 4.78 is 5.57. The molecule has 0 bridgehead atoms. The second kappa shape index (κ2) is 5.51. The van der Waals surface area contributed by atoms with Gasteiger partial charge in [0.15, 0.2) is 0 Å². The first-order valence-corrected chi connectivity index (χ1v) is 4.91. The van der Waals surface area contributed by atoms with Crippen molar-refractivity contribution in [2.75, 3.05) is 19.7 Å². The second-order valence-electron chi connectivity index (χ2n) is 3.37. The van der Waals surface area contributed by atoms with E-state index in [1.165, 1.54) is 0 Å². The number of ether oxygens (including phenoxy) is 1. The minimum absolute atomic E-state index is 0.467. The molecule has 0 aromatic rings. The third-order valence-corrected chi connectivity index (χ3v) is 2.40. The molecule has 1 aliphatic rings. The Morgan fingerprint density at radius 1 is 1.58 bits per heavy atom. The molecule has 3 N–H and O–H groups in total. The van der Waals surface area contributed by atoms with E-state index in [2.05, 4.69) is 12.2 Å². The van der Waals surface area contributed by atoms with Gasteiger partial charge in [-0.05, 0) is 19.3 Å². The number of rotatable bonds is 4. The summed E-state index contributed by atoms with van der Waals surface area (Å²) in [5.41, 5.74) is 5.42. The Morgan fingerprint density at radius 3 is 3.08 bits per heavy atom. The maximum absolute atomic E-state index is 5.57. The van der Waals surface area contributed by atoms with Crippen LogP contribution in [0, 0.1) is 0 Å². The molecule has 0 aromatic carbocycles. The smallest absolute Gasteiger partial charge is 0.0587 e. The summed E-state index contributed by atoms with van der Waals surface area (Å²) in [5.74, 6) is 0. The molecule has 0 aliphatic carbocycles. The van der Waals surface area contributed by atoms with Gasteiger partial charge >= 0.3 is 0 Å². The lowest BCUT2D eigenvalue weighted by molar-refractivity contribution is 0.000200.